The zero-order chi connectivity index (χ0) is 10.4. The van der Waals surface area contributed by atoms with Crippen LogP contribution in [0.15, 0.2) is 30.3 Å². The molecule has 0 fully saturated rings. The van der Waals surface area contributed by atoms with Gasteiger partial charge < -0.3 is 11.1 Å². The Morgan fingerprint density at radius 1 is 1.29 bits per heavy atom. The molecule has 1 aromatic rings. The highest BCUT2D eigenvalue weighted by Gasteiger charge is 2.13. The molecule has 3 N–H and O–H groups in total. The molecule has 0 heterocycles. The topological polar surface area (TPSA) is 38.0 Å². The zero-order valence-electron chi connectivity index (χ0n) is 9.09. The molecule has 0 aliphatic heterocycles. The van der Waals surface area contributed by atoms with Crippen LogP contribution in [-0.4, -0.2) is 12.1 Å². The highest BCUT2D eigenvalue weighted by atomic mass is 14.9. The van der Waals surface area contributed by atoms with Crippen LogP contribution in [-0.2, 0) is 6.54 Å². The second kappa shape index (κ2) is 5.13. The zero-order valence-corrected chi connectivity index (χ0v) is 9.09. The largest absolute Gasteiger partial charge is 0.324 e. The van der Waals surface area contributed by atoms with E-state index in [1.807, 2.05) is 6.07 Å². The quantitative estimate of drug-likeness (QED) is 0.748. The van der Waals surface area contributed by atoms with Crippen molar-refractivity contribution in [3.63, 3.8) is 0 Å². The lowest BCUT2D eigenvalue weighted by molar-refractivity contribution is 0.416. The summed E-state index contributed by atoms with van der Waals surface area (Å²) < 4.78 is 0. The first kappa shape index (κ1) is 11.2. The van der Waals surface area contributed by atoms with Gasteiger partial charge in [0, 0.05) is 18.6 Å². The maximum absolute atomic E-state index is 6.02. The van der Waals surface area contributed by atoms with E-state index in [2.05, 4.69) is 43.4 Å². The SMILES string of the molecule is CCC(C)(N)CNCc1ccccc1. The summed E-state index contributed by atoms with van der Waals surface area (Å²) in [6.45, 7) is 5.95. The highest BCUT2D eigenvalue weighted by molar-refractivity contribution is 5.14. The fourth-order valence-electron chi connectivity index (χ4n) is 1.21. The average molecular weight is 192 g/mol. The van der Waals surface area contributed by atoms with Gasteiger partial charge in [-0.25, -0.2) is 0 Å². The number of hydrogen-bond donors (Lipinski definition) is 2. The Hall–Kier alpha value is -0.860. The lowest BCUT2D eigenvalue weighted by atomic mass is 10.0. The van der Waals surface area contributed by atoms with Crippen LogP contribution >= 0.6 is 0 Å². The number of nitrogens with one attached hydrogen (secondary N) is 1. The molecule has 78 valence electrons. The van der Waals surface area contributed by atoms with E-state index in [4.69, 9.17) is 5.73 Å². The van der Waals surface area contributed by atoms with Crippen molar-refractivity contribution in [1.29, 1.82) is 0 Å². The van der Waals surface area contributed by atoms with Crippen molar-refractivity contribution in [1.82, 2.24) is 5.32 Å². The number of nitrogens with two attached hydrogens (primary N) is 1. The van der Waals surface area contributed by atoms with E-state index in [0.717, 1.165) is 19.5 Å². The lowest BCUT2D eigenvalue weighted by Gasteiger charge is -2.23. The van der Waals surface area contributed by atoms with Gasteiger partial charge in [-0.1, -0.05) is 37.3 Å². The van der Waals surface area contributed by atoms with E-state index in [9.17, 15) is 0 Å². The van der Waals surface area contributed by atoms with Gasteiger partial charge in [0.05, 0.1) is 0 Å². The van der Waals surface area contributed by atoms with Gasteiger partial charge in [0.1, 0.15) is 0 Å². The number of hydrogen-bond acceptors (Lipinski definition) is 2. The summed E-state index contributed by atoms with van der Waals surface area (Å²) in [6.07, 6.45) is 0.995. The standard InChI is InChI=1S/C12H20N2/c1-3-12(2,13)10-14-9-11-7-5-4-6-8-11/h4-8,14H,3,9-10,13H2,1-2H3. The van der Waals surface area contributed by atoms with Gasteiger partial charge in [0.25, 0.3) is 0 Å². The summed E-state index contributed by atoms with van der Waals surface area (Å²) >= 11 is 0. The third-order valence-corrected chi connectivity index (χ3v) is 2.51. The van der Waals surface area contributed by atoms with Crippen molar-refractivity contribution in [3.05, 3.63) is 35.9 Å². The molecule has 1 rings (SSSR count). The molecule has 1 aromatic carbocycles. The molecule has 2 heteroatoms. The smallest absolute Gasteiger partial charge is 0.0249 e. The van der Waals surface area contributed by atoms with Crippen molar-refractivity contribution in [2.75, 3.05) is 6.54 Å². The molecule has 0 spiro atoms. The fourth-order valence-corrected chi connectivity index (χ4v) is 1.21. The molecule has 14 heavy (non-hydrogen) atoms. The van der Waals surface area contributed by atoms with E-state index >= 15 is 0 Å². The normalized spacial score (nSPS) is 15.1. The third-order valence-electron chi connectivity index (χ3n) is 2.51. The minimum atomic E-state index is -0.0885. The van der Waals surface area contributed by atoms with Crippen molar-refractivity contribution in [3.8, 4) is 0 Å². The first-order chi connectivity index (χ1) is 6.64. The Balaban J connectivity index is 2.29. The minimum absolute atomic E-state index is 0.0885. The molecule has 2 nitrogen and oxygen atoms in total. The Kier molecular flexibility index (Phi) is 4.11. The summed E-state index contributed by atoms with van der Waals surface area (Å²) in [5.41, 5.74) is 7.23. The monoisotopic (exact) mass is 192 g/mol. The molecular formula is C12H20N2. The van der Waals surface area contributed by atoms with Crippen LogP contribution in [0.2, 0.25) is 0 Å². The third kappa shape index (κ3) is 3.90. The highest BCUT2D eigenvalue weighted by Crippen LogP contribution is 2.03. The first-order valence-electron chi connectivity index (χ1n) is 5.17. The van der Waals surface area contributed by atoms with E-state index in [-0.39, 0.29) is 5.54 Å². The predicted octanol–water partition coefficient (Wildman–Crippen LogP) is 1.90. The predicted molar refractivity (Wildman–Crippen MR) is 61.0 cm³/mol. The van der Waals surface area contributed by atoms with Gasteiger partial charge in [0.2, 0.25) is 0 Å². The molecule has 0 amide bonds. The van der Waals surface area contributed by atoms with E-state index in [0.29, 0.717) is 0 Å². The second-order valence-corrected chi connectivity index (χ2v) is 4.10. The summed E-state index contributed by atoms with van der Waals surface area (Å²) in [5, 5.41) is 3.37. The molecule has 1 atom stereocenters. The Morgan fingerprint density at radius 2 is 1.93 bits per heavy atom. The van der Waals surface area contributed by atoms with Crippen LogP contribution < -0.4 is 11.1 Å². The van der Waals surface area contributed by atoms with Gasteiger partial charge in [-0.05, 0) is 18.9 Å². The first-order valence-corrected chi connectivity index (χ1v) is 5.17. The van der Waals surface area contributed by atoms with Crippen LogP contribution in [0.1, 0.15) is 25.8 Å². The maximum Gasteiger partial charge on any atom is 0.0249 e. The molecule has 0 saturated carbocycles. The van der Waals surface area contributed by atoms with Gasteiger partial charge >= 0.3 is 0 Å². The van der Waals surface area contributed by atoms with Crippen LogP contribution in [0.4, 0.5) is 0 Å². The van der Waals surface area contributed by atoms with Gasteiger partial charge in [-0.15, -0.1) is 0 Å². The van der Waals surface area contributed by atoms with Crippen molar-refractivity contribution in [2.45, 2.75) is 32.4 Å². The van der Waals surface area contributed by atoms with Crippen molar-refractivity contribution in [2.24, 2.45) is 5.73 Å². The lowest BCUT2D eigenvalue weighted by Crippen LogP contribution is -2.45. The summed E-state index contributed by atoms with van der Waals surface area (Å²) in [4.78, 5) is 0. The molecule has 1 unspecified atom stereocenters. The van der Waals surface area contributed by atoms with E-state index < -0.39 is 0 Å². The van der Waals surface area contributed by atoms with Crippen LogP contribution in [0.3, 0.4) is 0 Å². The Bertz CT molecular complexity index is 254. The number of benzene rings is 1. The van der Waals surface area contributed by atoms with Gasteiger partial charge in [-0.3, -0.25) is 0 Å². The van der Waals surface area contributed by atoms with Gasteiger partial charge in [-0.2, -0.15) is 0 Å². The molecule has 0 bridgehead atoms. The second-order valence-electron chi connectivity index (χ2n) is 4.10. The molecule has 0 saturated heterocycles. The molecular weight excluding hydrogens is 172 g/mol. The Morgan fingerprint density at radius 3 is 2.50 bits per heavy atom. The number of rotatable bonds is 5. The van der Waals surface area contributed by atoms with Crippen LogP contribution in [0, 0.1) is 0 Å². The Labute approximate surface area is 86.5 Å². The van der Waals surface area contributed by atoms with Crippen LogP contribution in [0.5, 0.6) is 0 Å². The fraction of sp³-hybridized carbons (Fsp3) is 0.500. The summed E-state index contributed by atoms with van der Waals surface area (Å²) in [6, 6.07) is 10.4. The van der Waals surface area contributed by atoms with Gasteiger partial charge in [0.15, 0.2) is 0 Å². The molecule has 0 radical (unpaired) electrons. The maximum atomic E-state index is 6.02. The summed E-state index contributed by atoms with van der Waals surface area (Å²) in [7, 11) is 0. The molecule has 0 aliphatic rings. The molecule has 0 aliphatic carbocycles. The average Bonchev–Trinajstić information content (AvgIpc) is 2.19. The van der Waals surface area contributed by atoms with E-state index in [1.165, 1.54) is 5.56 Å². The van der Waals surface area contributed by atoms with Crippen LogP contribution in [0.25, 0.3) is 0 Å². The van der Waals surface area contributed by atoms with E-state index in [1.54, 1.807) is 0 Å². The minimum Gasteiger partial charge on any atom is -0.324 e. The molecule has 0 aromatic heterocycles. The summed E-state index contributed by atoms with van der Waals surface area (Å²) in [5.74, 6) is 0. The van der Waals surface area contributed by atoms with Crippen molar-refractivity contribution >= 4 is 0 Å². The van der Waals surface area contributed by atoms with Crippen molar-refractivity contribution < 1.29 is 0 Å².